The number of anilines is 2. The van der Waals surface area contributed by atoms with Crippen molar-refractivity contribution < 1.29 is 18.0 Å². The van der Waals surface area contributed by atoms with Crippen LogP contribution >= 0.6 is 15.9 Å². The van der Waals surface area contributed by atoms with Crippen LogP contribution in [0.5, 0.6) is 0 Å². The van der Waals surface area contributed by atoms with Gasteiger partial charge in [-0.05, 0) is 48.5 Å². The van der Waals surface area contributed by atoms with Gasteiger partial charge in [0.2, 0.25) is 15.9 Å². The molecule has 0 aliphatic carbocycles. The number of carbonyl (C=O) groups excluding carboxylic acids is 2. The minimum atomic E-state index is -3.60. The summed E-state index contributed by atoms with van der Waals surface area (Å²) in [6, 6.07) is 13.0. The van der Waals surface area contributed by atoms with E-state index in [1.807, 2.05) is 12.1 Å². The number of nitrogens with zero attached hydrogens (tertiary/aromatic N) is 1. The summed E-state index contributed by atoms with van der Waals surface area (Å²) in [5.41, 5.74) is 1.26. The average Bonchev–Trinajstić information content (AvgIpc) is 2.83. The van der Waals surface area contributed by atoms with E-state index in [2.05, 4.69) is 21.2 Å². The van der Waals surface area contributed by atoms with Gasteiger partial charge >= 0.3 is 0 Å². The Kier molecular flexibility index (Phi) is 4.42. The Balaban J connectivity index is 1.78. The predicted octanol–water partition coefficient (Wildman–Crippen LogP) is 2.77. The molecule has 1 N–H and O–H groups in total. The number of hydrogen-bond donors (Lipinski definition) is 1. The molecule has 0 bridgehead atoms. The molecule has 2 amide bonds. The Morgan fingerprint density at radius 1 is 1.04 bits per heavy atom. The lowest BCUT2D eigenvalue weighted by Crippen LogP contribution is -2.29. The fourth-order valence-electron chi connectivity index (χ4n) is 2.35. The Labute approximate surface area is 147 Å². The lowest BCUT2D eigenvalue weighted by Gasteiger charge is -2.15. The summed E-state index contributed by atoms with van der Waals surface area (Å²) in [5.74, 6) is -0.959. The average molecular weight is 409 g/mol. The van der Waals surface area contributed by atoms with E-state index in [0.717, 1.165) is 8.78 Å². The van der Waals surface area contributed by atoms with Crippen LogP contribution < -0.4 is 9.62 Å². The van der Waals surface area contributed by atoms with Gasteiger partial charge in [-0.15, -0.1) is 0 Å². The van der Waals surface area contributed by atoms with Crippen LogP contribution in [-0.2, 0) is 14.8 Å². The van der Waals surface area contributed by atoms with Crippen molar-refractivity contribution >= 4 is 49.1 Å². The molecule has 2 aromatic rings. The van der Waals surface area contributed by atoms with Crippen LogP contribution in [0.2, 0.25) is 0 Å². The van der Waals surface area contributed by atoms with Gasteiger partial charge in [0.05, 0.1) is 11.4 Å². The highest BCUT2D eigenvalue weighted by Gasteiger charge is 2.36. The summed E-state index contributed by atoms with van der Waals surface area (Å²) in [6.07, 6.45) is -0.0197. The van der Waals surface area contributed by atoms with Crippen LogP contribution in [0.4, 0.5) is 11.4 Å². The third kappa shape index (κ3) is 3.34. The van der Waals surface area contributed by atoms with Gasteiger partial charge in [0.1, 0.15) is 0 Å². The molecular formula is C16H13BrN2O4S. The molecule has 3 rings (SSSR count). The molecule has 8 heteroatoms. The van der Waals surface area contributed by atoms with E-state index in [1.165, 1.54) is 24.3 Å². The molecule has 24 heavy (non-hydrogen) atoms. The predicted molar refractivity (Wildman–Crippen MR) is 94.4 cm³/mol. The van der Waals surface area contributed by atoms with Crippen molar-refractivity contribution in [3.05, 3.63) is 58.6 Å². The maximum atomic E-state index is 12.2. The number of sulfonamides is 1. The Bertz CT molecular complexity index is 893. The first-order chi connectivity index (χ1) is 11.4. The van der Waals surface area contributed by atoms with Crippen LogP contribution in [0.1, 0.15) is 16.8 Å². The van der Waals surface area contributed by atoms with Gasteiger partial charge < -0.3 is 5.32 Å². The fourth-order valence-corrected chi connectivity index (χ4v) is 4.08. The SMILES string of the molecule is O=C(Nc1ccc(Br)cc1)c1ccc(N2C(=O)CCS2(=O)=O)cc1. The van der Waals surface area contributed by atoms with Crippen molar-refractivity contribution in [3.8, 4) is 0 Å². The molecule has 0 atom stereocenters. The monoisotopic (exact) mass is 408 g/mol. The van der Waals surface area contributed by atoms with Crippen molar-refractivity contribution in [2.24, 2.45) is 0 Å². The fraction of sp³-hybridized carbons (Fsp3) is 0.125. The highest BCUT2D eigenvalue weighted by molar-refractivity contribution is 9.10. The first-order valence-corrected chi connectivity index (χ1v) is 9.50. The first kappa shape index (κ1) is 16.7. The van der Waals surface area contributed by atoms with Crippen LogP contribution in [0.3, 0.4) is 0 Å². The van der Waals surface area contributed by atoms with Crippen molar-refractivity contribution in [2.45, 2.75) is 6.42 Å². The molecule has 1 aliphatic rings. The third-order valence-corrected chi connectivity index (χ3v) is 5.76. The van der Waals surface area contributed by atoms with E-state index < -0.39 is 15.9 Å². The number of nitrogens with one attached hydrogen (secondary N) is 1. The molecule has 2 aromatic carbocycles. The van der Waals surface area contributed by atoms with Gasteiger partial charge in [0.15, 0.2) is 0 Å². The molecule has 0 saturated carbocycles. The van der Waals surface area contributed by atoms with E-state index in [-0.39, 0.29) is 23.8 Å². The highest BCUT2D eigenvalue weighted by atomic mass is 79.9. The number of carbonyl (C=O) groups is 2. The Morgan fingerprint density at radius 2 is 1.67 bits per heavy atom. The smallest absolute Gasteiger partial charge is 0.255 e. The zero-order chi connectivity index (χ0) is 17.3. The molecule has 1 heterocycles. The van der Waals surface area contributed by atoms with Gasteiger partial charge in [-0.2, -0.15) is 0 Å². The van der Waals surface area contributed by atoms with Gasteiger partial charge in [-0.3, -0.25) is 9.59 Å². The molecule has 1 fully saturated rings. The molecule has 0 unspecified atom stereocenters. The van der Waals surface area contributed by atoms with Gasteiger partial charge in [0.25, 0.3) is 5.91 Å². The number of hydrogen-bond acceptors (Lipinski definition) is 4. The van der Waals surface area contributed by atoms with Gasteiger partial charge in [0, 0.05) is 22.1 Å². The topological polar surface area (TPSA) is 83.6 Å². The van der Waals surface area contributed by atoms with Crippen LogP contribution in [-0.4, -0.2) is 26.0 Å². The summed E-state index contributed by atoms with van der Waals surface area (Å²) in [6.45, 7) is 0. The molecule has 0 aromatic heterocycles. The number of halogens is 1. The van der Waals surface area contributed by atoms with E-state index in [4.69, 9.17) is 0 Å². The van der Waals surface area contributed by atoms with E-state index in [0.29, 0.717) is 11.3 Å². The third-order valence-electron chi connectivity index (χ3n) is 3.54. The Morgan fingerprint density at radius 3 is 2.21 bits per heavy atom. The number of benzene rings is 2. The minimum absolute atomic E-state index is 0.0197. The molecule has 1 saturated heterocycles. The lowest BCUT2D eigenvalue weighted by molar-refractivity contribution is -0.116. The lowest BCUT2D eigenvalue weighted by atomic mass is 10.2. The van der Waals surface area contributed by atoms with E-state index in [9.17, 15) is 18.0 Å². The number of rotatable bonds is 3. The van der Waals surface area contributed by atoms with Crippen LogP contribution in [0.25, 0.3) is 0 Å². The summed E-state index contributed by atoms with van der Waals surface area (Å²) in [5, 5.41) is 2.74. The summed E-state index contributed by atoms with van der Waals surface area (Å²) < 4.78 is 25.5. The summed E-state index contributed by atoms with van der Waals surface area (Å²) >= 11 is 3.32. The standard InChI is InChI=1S/C16H13BrN2O4S/c17-12-3-5-13(6-4-12)18-16(21)11-1-7-14(8-2-11)19-15(20)9-10-24(19,22)23/h1-8H,9-10H2,(H,18,21). The summed E-state index contributed by atoms with van der Waals surface area (Å²) in [7, 11) is -3.60. The first-order valence-electron chi connectivity index (χ1n) is 7.10. The van der Waals surface area contributed by atoms with Gasteiger partial charge in [-0.1, -0.05) is 15.9 Å². The molecule has 124 valence electrons. The second-order valence-corrected chi connectivity index (χ2v) is 8.08. The normalized spacial score (nSPS) is 16.2. The second-order valence-electron chi connectivity index (χ2n) is 5.23. The van der Waals surface area contributed by atoms with Crippen molar-refractivity contribution in [2.75, 3.05) is 15.4 Å². The zero-order valence-electron chi connectivity index (χ0n) is 12.4. The maximum Gasteiger partial charge on any atom is 0.255 e. The van der Waals surface area contributed by atoms with Gasteiger partial charge in [-0.25, -0.2) is 12.7 Å². The van der Waals surface area contributed by atoms with Crippen LogP contribution in [0.15, 0.2) is 53.0 Å². The van der Waals surface area contributed by atoms with E-state index in [1.54, 1.807) is 12.1 Å². The molecule has 0 spiro atoms. The zero-order valence-corrected chi connectivity index (χ0v) is 14.8. The molecule has 1 aliphatic heterocycles. The van der Waals surface area contributed by atoms with Crippen LogP contribution in [0, 0.1) is 0 Å². The molecule has 0 radical (unpaired) electrons. The highest BCUT2D eigenvalue weighted by Crippen LogP contribution is 2.25. The quantitative estimate of drug-likeness (QED) is 0.845. The maximum absolute atomic E-state index is 12.2. The largest absolute Gasteiger partial charge is 0.322 e. The van der Waals surface area contributed by atoms with Crippen molar-refractivity contribution in [1.29, 1.82) is 0 Å². The molecular weight excluding hydrogens is 396 g/mol. The minimum Gasteiger partial charge on any atom is -0.322 e. The molecule has 6 nitrogen and oxygen atoms in total. The summed E-state index contributed by atoms with van der Waals surface area (Å²) in [4.78, 5) is 23.9. The van der Waals surface area contributed by atoms with E-state index >= 15 is 0 Å². The Hall–Kier alpha value is -2.19. The second kappa shape index (κ2) is 6.37. The number of amides is 2. The van der Waals surface area contributed by atoms with Crippen molar-refractivity contribution in [3.63, 3.8) is 0 Å². The van der Waals surface area contributed by atoms with Crippen molar-refractivity contribution in [1.82, 2.24) is 0 Å².